The predicted octanol–water partition coefficient (Wildman–Crippen LogP) is 3.52. The molecule has 3 rings (SSSR count). The zero-order valence-corrected chi connectivity index (χ0v) is 22.3. The second kappa shape index (κ2) is 12.7. The van der Waals surface area contributed by atoms with Gasteiger partial charge in [-0.1, -0.05) is 25.2 Å². The first-order valence-corrected chi connectivity index (χ1v) is 12.0. The largest absolute Gasteiger partial charge is 0.497 e. The Balaban J connectivity index is 2.18. The maximum Gasteiger partial charge on any atom is 0.342 e. The summed E-state index contributed by atoms with van der Waals surface area (Å²) in [6.07, 6.45) is 3.48. The molecule has 1 fully saturated rings. The Bertz CT molecular complexity index is 1010. The van der Waals surface area contributed by atoms with Gasteiger partial charge in [0.2, 0.25) is 0 Å². The van der Waals surface area contributed by atoms with Gasteiger partial charge in [0.15, 0.2) is 24.5 Å². The summed E-state index contributed by atoms with van der Waals surface area (Å²) < 4.78 is 45.0. The molecule has 0 radical (unpaired) electrons. The molecule has 0 bridgehead atoms. The van der Waals surface area contributed by atoms with Crippen LogP contribution in [0, 0.1) is 5.92 Å². The smallest absolute Gasteiger partial charge is 0.342 e. The molecule has 2 heterocycles. The van der Waals surface area contributed by atoms with Crippen LogP contribution in [-0.2, 0) is 33.2 Å². The first kappa shape index (κ1) is 28.8. The highest BCUT2D eigenvalue weighted by atomic mass is 16.8. The maximum absolute atomic E-state index is 13.4. The van der Waals surface area contributed by atoms with Gasteiger partial charge in [0.05, 0.1) is 7.11 Å². The van der Waals surface area contributed by atoms with Gasteiger partial charge in [-0.2, -0.15) is 0 Å². The van der Waals surface area contributed by atoms with Crippen molar-refractivity contribution >= 4 is 17.8 Å². The van der Waals surface area contributed by atoms with Crippen LogP contribution in [-0.4, -0.2) is 76.9 Å². The van der Waals surface area contributed by atoms with Crippen molar-refractivity contribution in [3.05, 3.63) is 41.5 Å². The molecule has 0 N–H and O–H groups in total. The minimum Gasteiger partial charge on any atom is -0.497 e. The third-order valence-electron chi connectivity index (χ3n) is 6.05. The van der Waals surface area contributed by atoms with E-state index in [-0.39, 0.29) is 36.6 Å². The van der Waals surface area contributed by atoms with Gasteiger partial charge in [-0.25, -0.2) is 4.79 Å². The van der Waals surface area contributed by atoms with Crippen molar-refractivity contribution in [1.29, 1.82) is 0 Å². The van der Waals surface area contributed by atoms with E-state index < -0.39 is 36.2 Å². The van der Waals surface area contributed by atoms with E-state index in [1.165, 1.54) is 27.4 Å². The van der Waals surface area contributed by atoms with E-state index in [2.05, 4.69) is 0 Å². The predicted molar refractivity (Wildman–Crippen MR) is 133 cm³/mol. The quantitative estimate of drug-likeness (QED) is 0.391. The van der Waals surface area contributed by atoms with Crippen LogP contribution in [0.25, 0.3) is 6.08 Å². The van der Waals surface area contributed by atoms with Crippen molar-refractivity contribution < 1.29 is 47.5 Å². The molecule has 2 aliphatic rings. The van der Waals surface area contributed by atoms with E-state index in [9.17, 15) is 9.59 Å². The highest BCUT2D eigenvalue weighted by Crippen LogP contribution is 2.35. The summed E-state index contributed by atoms with van der Waals surface area (Å²) >= 11 is 0. The molecule has 5 atom stereocenters. The third-order valence-corrected chi connectivity index (χ3v) is 6.05. The number of methoxy groups -OCH3 is 3. The van der Waals surface area contributed by atoms with Crippen molar-refractivity contribution in [3.63, 3.8) is 0 Å². The fraction of sp³-hybridized carbons (Fsp3) is 0.556. The minimum atomic E-state index is -1.02. The number of rotatable bonds is 7. The lowest BCUT2D eigenvalue weighted by atomic mass is 9.98. The van der Waals surface area contributed by atoms with Crippen molar-refractivity contribution in [1.82, 2.24) is 0 Å². The van der Waals surface area contributed by atoms with E-state index >= 15 is 0 Å². The molecule has 204 valence electrons. The first-order chi connectivity index (χ1) is 17.6. The van der Waals surface area contributed by atoms with Gasteiger partial charge in [-0.05, 0) is 38.5 Å². The number of carbonyl (C=O) groups is 2. The Labute approximate surface area is 217 Å². The van der Waals surface area contributed by atoms with Crippen molar-refractivity contribution in [3.8, 4) is 11.5 Å². The molecular formula is C27H36O10. The summed E-state index contributed by atoms with van der Waals surface area (Å²) in [5.74, 6) is -1.48. The van der Waals surface area contributed by atoms with Crippen molar-refractivity contribution in [2.24, 2.45) is 5.92 Å². The molecule has 1 aromatic rings. The van der Waals surface area contributed by atoms with Gasteiger partial charge in [-0.3, -0.25) is 4.79 Å². The average Bonchev–Trinajstić information content (AvgIpc) is 3.19. The molecule has 0 aliphatic carbocycles. The normalized spacial score (nSPS) is 29.4. The summed E-state index contributed by atoms with van der Waals surface area (Å²) in [7, 11) is 4.48. The lowest BCUT2D eigenvalue weighted by molar-refractivity contribution is -0.164. The molecule has 10 heteroatoms. The summed E-state index contributed by atoms with van der Waals surface area (Å²) in [5.41, 5.74) is 0.645. The van der Waals surface area contributed by atoms with Gasteiger partial charge < -0.3 is 37.9 Å². The lowest BCUT2D eigenvalue weighted by Crippen LogP contribution is -2.40. The topological polar surface area (TPSA) is 108 Å². The summed E-state index contributed by atoms with van der Waals surface area (Å²) in [5, 5.41) is 0. The second-order valence-corrected chi connectivity index (χ2v) is 9.29. The molecular weight excluding hydrogens is 484 g/mol. The Morgan fingerprint density at radius 3 is 2.35 bits per heavy atom. The molecule has 10 nitrogen and oxygen atoms in total. The number of ketones is 1. The molecule has 37 heavy (non-hydrogen) atoms. The Hall–Kier alpha value is -2.76. The van der Waals surface area contributed by atoms with Crippen LogP contribution in [0.1, 0.15) is 43.6 Å². The molecule has 0 aromatic heterocycles. The second-order valence-electron chi connectivity index (χ2n) is 9.29. The average molecular weight is 521 g/mol. The van der Waals surface area contributed by atoms with Gasteiger partial charge in [0.25, 0.3) is 0 Å². The molecule has 2 aliphatic heterocycles. The fourth-order valence-electron chi connectivity index (χ4n) is 4.00. The van der Waals surface area contributed by atoms with E-state index in [1.807, 2.05) is 6.92 Å². The molecule has 0 amide bonds. The first-order valence-electron chi connectivity index (χ1n) is 12.0. The molecule has 2 unspecified atom stereocenters. The number of hydrogen-bond donors (Lipinski definition) is 0. The van der Waals surface area contributed by atoms with Gasteiger partial charge >= 0.3 is 5.97 Å². The SMILES string of the molecule is COCOc1cc(OC)cc2c1C(=O)OC(C)[C@H](C)/C=C\C(=O)[C@H]1OC(C)(C)O[C@H]1C(OCOC)/C=C/2. The number of fused-ring (bicyclic) bond motifs is 2. The summed E-state index contributed by atoms with van der Waals surface area (Å²) in [6.45, 7) is 6.93. The van der Waals surface area contributed by atoms with Crippen LogP contribution in [0.2, 0.25) is 0 Å². The number of benzene rings is 1. The minimum absolute atomic E-state index is 0.0597. The standard InChI is InChI=1S/C27H36O10/c1-16-8-10-20(28)24-25(37-27(3,4)36-24)21(33-14-30-5)11-9-18-12-19(32-7)13-22(34-15-31-6)23(18)26(29)35-17(16)2/h8-13,16-17,21,24-25H,14-15H2,1-7H3/b10-8-,11-9+/t16-,17?,21?,24-,25+/m1/s1. The zero-order valence-electron chi connectivity index (χ0n) is 22.3. The molecule has 0 spiro atoms. The van der Waals surface area contributed by atoms with E-state index in [4.69, 9.17) is 37.9 Å². The highest BCUT2D eigenvalue weighted by molar-refractivity contribution is 5.97. The molecule has 0 saturated carbocycles. The summed E-state index contributed by atoms with van der Waals surface area (Å²) in [4.78, 5) is 26.6. The molecule has 1 saturated heterocycles. The van der Waals surface area contributed by atoms with Gasteiger partial charge in [-0.15, -0.1) is 0 Å². The number of cyclic esters (lactones) is 1. The van der Waals surface area contributed by atoms with E-state index in [0.29, 0.717) is 11.3 Å². The van der Waals surface area contributed by atoms with Crippen molar-refractivity contribution in [2.45, 2.75) is 57.9 Å². The van der Waals surface area contributed by atoms with Crippen LogP contribution >= 0.6 is 0 Å². The Morgan fingerprint density at radius 1 is 0.946 bits per heavy atom. The summed E-state index contributed by atoms with van der Waals surface area (Å²) in [6, 6.07) is 3.27. The van der Waals surface area contributed by atoms with E-state index in [1.54, 1.807) is 51.1 Å². The fourth-order valence-corrected chi connectivity index (χ4v) is 4.00. The number of hydrogen-bond acceptors (Lipinski definition) is 10. The Morgan fingerprint density at radius 2 is 1.68 bits per heavy atom. The molecule has 1 aromatic carbocycles. The van der Waals surface area contributed by atoms with Crippen LogP contribution in [0.3, 0.4) is 0 Å². The van der Waals surface area contributed by atoms with Crippen LogP contribution in [0.15, 0.2) is 30.4 Å². The Kier molecular flexibility index (Phi) is 9.86. The van der Waals surface area contributed by atoms with Gasteiger partial charge in [0, 0.05) is 26.2 Å². The maximum atomic E-state index is 13.4. The van der Waals surface area contributed by atoms with Crippen LogP contribution in [0.5, 0.6) is 11.5 Å². The van der Waals surface area contributed by atoms with Gasteiger partial charge in [0.1, 0.15) is 42.2 Å². The number of ether oxygens (including phenoxy) is 8. The van der Waals surface area contributed by atoms with Crippen LogP contribution < -0.4 is 9.47 Å². The van der Waals surface area contributed by atoms with Crippen LogP contribution in [0.4, 0.5) is 0 Å². The van der Waals surface area contributed by atoms with E-state index in [0.717, 1.165) is 0 Å². The number of esters is 1. The zero-order chi connectivity index (χ0) is 27.2. The monoisotopic (exact) mass is 520 g/mol. The van der Waals surface area contributed by atoms with Crippen molar-refractivity contribution in [2.75, 3.05) is 34.9 Å². The number of carbonyl (C=O) groups excluding carboxylic acids is 2. The lowest BCUT2D eigenvalue weighted by Gasteiger charge is -2.24. The highest BCUT2D eigenvalue weighted by Gasteiger charge is 2.48. The third kappa shape index (κ3) is 7.18.